The molecule has 2 aromatic heterocycles. The van der Waals surface area contributed by atoms with E-state index in [-0.39, 0.29) is 41.2 Å². The summed E-state index contributed by atoms with van der Waals surface area (Å²) in [6.07, 6.45) is 3.02. The summed E-state index contributed by atoms with van der Waals surface area (Å²) in [6, 6.07) is 13.3. The molecule has 2 aromatic carbocycles. The number of benzene rings is 2. The van der Waals surface area contributed by atoms with Gasteiger partial charge in [-0.3, -0.25) is 19.6 Å². The van der Waals surface area contributed by atoms with Crippen LogP contribution in [0.2, 0.25) is 5.02 Å². The summed E-state index contributed by atoms with van der Waals surface area (Å²) >= 11 is 5.99. The van der Waals surface area contributed by atoms with Gasteiger partial charge in [-0.05, 0) is 24.3 Å². The fourth-order valence-electron chi connectivity index (χ4n) is 2.96. The van der Waals surface area contributed by atoms with E-state index >= 15 is 0 Å². The second-order valence-electron chi connectivity index (χ2n) is 6.90. The van der Waals surface area contributed by atoms with Gasteiger partial charge in [-0.1, -0.05) is 29.8 Å². The number of carbonyl (C=O) groups is 1. The Labute approximate surface area is 191 Å². The average Bonchev–Trinajstić information content (AvgIpc) is 3.44. The molecule has 4 aromatic rings. The van der Waals surface area contributed by atoms with Crippen LogP contribution in [-0.2, 0) is 13.2 Å². The summed E-state index contributed by atoms with van der Waals surface area (Å²) in [5.41, 5.74) is 0.743. The van der Waals surface area contributed by atoms with Crippen molar-refractivity contribution in [3.63, 3.8) is 0 Å². The SMILES string of the molecule is O=C(Nc1cnn(Cc2ccccc2F)c1)c1ccc(COc2ccc([N+](=O)[O-])cc2Cl)o1. The zero-order valence-electron chi connectivity index (χ0n) is 16.9. The van der Waals surface area contributed by atoms with E-state index in [0.717, 1.165) is 0 Å². The third-order valence-electron chi connectivity index (χ3n) is 4.56. The maximum atomic E-state index is 13.8. The van der Waals surface area contributed by atoms with Crippen LogP contribution in [0, 0.1) is 15.9 Å². The summed E-state index contributed by atoms with van der Waals surface area (Å²) < 4.78 is 26.3. The quantitative estimate of drug-likeness (QED) is 0.284. The zero-order chi connectivity index (χ0) is 23.4. The predicted octanol–water partition coefficient (Wildman–Crippen LogP) is 5.06. The molecular formula is C22H16ClFN4O5. The minimum atomic E-state index is -0.559. The first-order valence-corrected chi connectivity index (χ1v) is 9.99. The highest BCUT2D eigenvalue weighted by Crippen LogP contribution is 2.29. The highest BCUT2D eigenvalue weighted by molar-refractivity contribution is 6.32. The number of nitro groups is 1. The van der Waals surface area contributed by atoms with Gasteiger partial charge < -0.3 is 14.5 Å². The first-order chi connectivity index (χ1) is 15.9. The Morgan fingerprint density at radius 2 is 2.06 bits per heavy atom. The third kappa shape index (κ3) is 5.36. The molecule has 0 saturated heterocycles. The summed E-state index contributed by atoms with van der Waals surface area (Å²) in [5.74, 6) is -0.194. The standard InChI is InChI=1S/C22H16ClFN4O5/c23-18-9-16(28(30)31)5-7-20(18)32-13-17-6-8-21(33-17)22(29)26-15-10-25-27(12-15)11-14-3-1-2-4-19(14)24/h1-10,12H,11,13H2,(H,26,29). The molecule has 0 aliphatic carbocycles. The van der Waals surface area contributed by atoms with Crippen LogP contribution in [0.5, 0.6) is 5.75 Å². The number of anilines is 1. The lowest BCUT2D eigenvalue weighted by Crippen LogP contribution is -2.10. The van der Waals surface area contributed by atoms with Crippen molar-refractivity contribution in [3.05, 3.63) is 105 Å². The van der Waals surface area contributed by atoms with E-state index in [0.29, 0.717) is 17.0 Å². The average molecular weight is 471 g/mol. The van der Waals surface area contributed by atoms with E-state index in [4.69, 9.17) is 20.8 Å². The van der Waals surface area contributed by atoms with Gasteiger partial charge in [0.25, 0.3) is 11.6 Å². The van der Waals surface area contributed by atoms with Gasteiger partial charge in [-0.15, -0.1) is 0 Å². The minimum Gasteiger partial charge on any atom is -0.484 e. The summed E-state index contributed by atoms with van der Waals surface area (Å²) in [4.78, 5) is 22.7. The molecule has 0 fully saturated rings. The largest absolute Gasteiger partial charge is 0.484 e. The van der Waals surface area contributed by atoms with Gasteiger partial charge in [0, 0.05) is 23.9 Å². The van der Waals surface area contributed by atoms with E-state index in [2.05, 4.69) is 10.4 Å². The fourth-order valence-corrected chi connectivity index (χ4v) is 3.18. The molecule has 4 rings (SSSR count). The number of hydrogen-bond donors (Lipinski definition) is 1. The van der Waals surface area contributed by atoms with Crippen LogP contribution in [0.15, 0.2) is 71.4 Å². The molecule has 2 heterocycles. The Bertz CT molecular complexity index is 1320. The number of hydrogen-bond acceptors (Lipinski definition) is 6. The number of nitrogens with one attached hydrogen (secondary N) is 1. The van der Waals surface area contributed by atoms with Gasteiger partial charge in [0.1, 0.15) is 23.9 Å². The van der Waals surface area contributed by atoms with Crippen molar-refractivity contribution in [2.24, 2.45) is 0 Å². The monoisotopic (exact) mass is 470 g/mol. The summed E-state index contributed by atoms with van der Waals surface area (Å²) in [6.45, 7) is 0.182. The van der Waals surface area contributed by atoms with Crippen LogP contribution in [0.4, 0.5) is 15.8 Å². The van der Waals surface area contributed by atoms with Gasteiger partial charge in [-0.25, -0.2) is 4.39 Å². The van der Waals surface area contributed by atoms with Crippen LogP contribution in [0.1, 0.15) is 21.9 Å². The molecule has 1 amide bonds. The smallest absolute Gasteiger partial charge is 0.291 e. The second kappa shape index (κ2) is 9.53. The number of non-ortho nitro benzene ring substituents is 1. The number of amides is 1. The van der Waals surface area contributed by atoms with Gasteiger partial charge in [-0.2, -0.15) is 5.10 Å². The van der Waals surface area contributed by atoms with Crippen molar-refractivity contribution < 1.29 is 23.3 Å². The van der Waals surface area contributed by atoms with E-state index in [1.54, 1.807) is 30.5 Å². The minimum absolute atomic E-state index is 0.0363. The number of nitrogens with zero attached hydrogens (tertiary/aromatic N) is 3. The molecule has 11 heteroatoms. The highest BCUT2D eigenvalue weighted by atomic mass is 35.5. The Morgan fingerprint density at radius 3 is 2.82 bits per heavy atom. The predicted molar refractivity (Wildman–Crippen MR) is 117 cm³/mol. The van der Waals surface area contributed by atoms with E-state index in [9.17, 15) is 19.3 Å². The van der Waals surface area contributed by atoms with Crippen LogP contribution >= 0.6 is 11.6 Å². The first-order valence-electron chi connectivity index (χ1n) is 9.62. The maximum Gasteiger partial charge on any atom is 0.291 e. The molecule has 168 valence electrons. The number of rotatable bonds is 8. The number of halogens is 2. The lowest BCUT2D eigenvalue weighted by atomic mass is 10.2. The third-order valence-corrected chi connectivity index (χ3v) is 4.86. The topological polar surface area (TPSA) is 112 Å². The van der Waals surface area contributed by atoms with Crippen LogP contribution < -0.4 is 10.1 Å². The second-order valence-corrected chi connectivity index (χ2v) is 7.31. The molecule has 33 heavy (non-hydrogen) atoms. The van der Waals surface area contributed by atoms with Crippen molar-refractivity contribution >= 4 is 28.9 Å². The number of aromatic nitrogens is 2. The van der Waals surface area contributed by atoms with Crippen molar-refractivity contribution in [2.75, 3.05) is 5.32 Å². The summed E-state index contributed by atoms with van der Waals surface area (Å²) in [5, 5.41) is 17.6. The van der Waals surface area contributed by atoms with Gasteiger partial charge in [0.05, 0.1) is 28.4 Å². The molecular weight excluding hydrogens is 455 g/mol. The molecule has 1 N–H and O–H groups in total. The van der Waals surface area contributed by atoms with Crippen molar-refractivity contribution in [2.45, 2.75) is 13.2 Å². The van der Waals surface area contributed by atoms with Crippen LogP contribution in [0.25, 0.3) is 0 Å². The molecule has 0 bridgehead atoms. The fraction of sp³-hybridized carbons (Fsp3) is 0.0909. The molecule has 0 saturated carbocycles. The molecule has 0 radical (unpaired) electrons. The number of ether oxygens (including phenoxy) is 1. The first kappa shape index (κ1) is 22.0. The van der Waals surface area contributed by atoms with Gasteiger partial charge in [0.2, 0.25) is 0 Å². The van der Waals surface area contributed by atoms with Crippen molar-refractivity contribution in [3.8, 4) is 5.75 Å². The number of nitro benzene ring substituents is 1. The molecule has 0 unspecified atom stereocenters. The molecule has 0 atom stereocenters. The van der Waals surface area contributed by atoms with E-state index < -0.39 is 10.8 Å². The van der Waals surface area contributed by atoms with Crippen molar-refractivity contribution in [1.82, 2.24) is 9.78 Å². The lowest BCUT2D eigenvalue weighted by molar-refractivity contribution is -0.384. The Morgan fingerprint density at radius 1 is 1.24 bits per heavy atom. The Balaban J connectivity index is 1.34. The van der Waals surface area contributed by atoms with E-state index in [1.165, 1.54) is 41.2 Å². The van der Waals surface area contributed by atoms with Crippen LogP contribution in [0.3, 0.4) is 0 Å². The highest BCUT2D eigenvalue weighted by Gasteiger charge is 2.15. The molecule has 0 aliphatic heterocycles. The normalized spacial score (nSPS) is 10.7. The number of furan rings is 1. The Kier molecular flexibility index (Phi) is 6.36. The summed E-state index contributed by atoms with van der Waals surface area (Å²) in [7, 11) is 0. The number of carbonyl (C=O) groups excluding carboxylic acids is 1. The Hall–Kier alpha value is -4.18. The molecule has 9 nitrogen and oxygen atoms in total. The molecule has 0 spiro atoms. The van der Waals surface area contributed by atoms with Gasteiger partial charge >= 0.3 is 0 Å². The molecule has 0 aliphatic rings. The maximum absolute atomic E-state index is 13.8. The zero-order valence-corrected chi connectivity index (χ0v) is 17.7. The van der Waals surface area contributed by atoms with Crippen molar-refractivity contribution in [1.29, 1.82) is 0 Å². The lowest BCUT2D eigenvalue weighted by Gasteiger charge is -2.06. The van der Waals surface area contributed by atoms with Crippen LogP contribution in [-0.4, -0.2) is 20.6 Å². The van der Waals surface area contributed by atoms with Gasteiger partial charge in [0.15, 0.2) is 5.76 Å². The van der Waals surface area contributed by atoms with E-state index in [1.807, 2.05) is 0 Å².